The summed E-state index contributed by atoms with van der Waals surface area (Å²) in [7, 11) is 2.83. The van der Waals surface area contributed by atoms with Crippen molar-refractivity contribution >= 4 is 23.4 Å². The third-order valence-electron chi connectivity index (χ3n) is 2.12. The van der Waals surface area contributed by atoms with Crippen LogP contribution in [0.1, 0.15) is 0 Å². The van der Waals surface area contributed by atoms with Crippen LogP contribution in [-0.2, 0) is 0 Å². The van der Waals surface area contributed by atoms with Crippen LogP contribution in [-0.4, -0.2) is 14.2 Å². The van der Waals surface area contributed by atoms with Crippen LogP contribution >= 0.6 is 12.4 Å². The first kappa shape index (κ1) is 12.4. The minimum absolute atomic E-state index is 0. The van der Waals surface area contributed by atoms with Crippen molar-refractivity contribution in [3.63, 3.8) is 0 Å². The first-order valence-electron chi connectivity index (χ1n) is 4.41. The molecule has 0 saturated heterocycles. The molecule has 0 fully saturated rings. The lowest BCUT2D eigenvalue weighted by atomic mass is 10.2. The fourth-order valence-electron chi connectivity index (χ4n) is 1.41. The summed E-state index contributed by atoms with van der Waals surface area (Å²) in [4.78, 5) is 11.9. The number of hydrogen-bond acceptors (Lipinski definition) is 4. The van der Waals surface area contributed by atoms with Crippen molar-refractivity contribution in [3.8, 4) is 11.7 Å². The van der Waals surface area contributed by atoms with Gasteiger partial charge in [0.25, 0.3) is 0 Å². The number of ether oxygens (including phenoxy) is 2. The smallest absolute Gasteiger partial charge is 0.333 e. The summed E-state index contributed by atoms with van der Waals surface area (Å²) >= 11 is 0. The predicted molar refractivity (Wildman–Crippen MR) is 62.8 cm³/mol. The van der Waals surface area contributed by atoms with Crippen LogP contribution in [0.3, 0.4) is 0 Å². The molecule has 0 atom stereocenters. The van der Waals surface area contributed by atoms with Crippen molar-refractivity contribution < 1.29 is 13.9 Å². The van der Waals surface area contributed by atoms with Crippen LogP contribution in [0, 0.1) is 0 Å². The van der Waals surface area contributed by atoms with E-state index in [1.54, 1.807) is 24.3 Å². The highest BCUT2D eigenvalue weighted by molar-refractivity contribution is 5.85. The summed E-state index contributed by atoms with van der Waals surface area (Å²) in [6.45, 7) is 0. The van der Waals surface area contributed by atoms with E-state index in [2.05, 4.69) is 0 Å². The van der Waals surface area contributed by atoms with Gasteiger partial charge in [0.15, 0.2) is 0 Å². The monoisotopic (exact) mass is 242 g/mol. The summed E-state index contributed by atoms with van der Waals surface area (Å²) in [5.41, 5.74) is 0.261. The summed E-state index contributed by atoms with van der Waals surface area (Å²) < 4.78 is 15.2. The largest absolute Gasteiger partial charge is 0.487 e. The Hall–Kier alpha value is -1.68. The molecule has 1 aromatic carbocycles. The van der Waals surface area contributed by atoms with Gasteiger partial charge in [-0.15, -0.1) is 12.4 Å². The molecule has 0 amide bonds. The highest BCUT2D eigenvalue weighted by Crippen LogP contribution is 2.26. The lowest BCUT2D eigenvalue weighted by Crippen LogP contribution is -2.07. The first-order chi connectivity index (χ1) is 7.27. The lowest BCUT2D eigenvalue weighted by Gasteiger charge is -2.06. The quantitative estimate of drug-likeness (QED) is 0.810. The molecule has 4 nitrogen and oxygen atoms in total. The van der Waals surface area contributed by atoms with E-state index < -0.39 is 0 Å². The van der Waals surface area contributed by atoms with Crippen molar-refractivity contribution in [2.24, 2.45) is 0 Å². The van der Waals surface area contributed by atoms with E-state index in [1.807, 2.05) is 0 Å². The highest BCUT2D eigenvalue weighted by Gasteiger charge is 2.14. The van der Waals surface area contributed by atoms with Gasteiger partial charge in [-0.05, 0) is 12.1 Å². The van der Waals surface area contributed by atoms with E-state index >= 15 is 0 Å². The average molecular weight is 243 g/mol. The number of methoxy groups -OCH3 is 2. The van der Waals surface area contributed by atoms with E-state index in [4.69, 9.17) is 13.9 Å². The molecule has 2 rings (SSSR count). The number of fused-ring (bicyclic) bond motifs is 1. The Bertz CT molecular complexity index is 547. The fraction of sp³-hybridized carbons (Fsp3) is 0.182. The van der Waals surface area contributed by atoms with Gasteiger partial charge in [-0.3, -0.25) is 4.79 Å². The van der Waals surface area contributed by atoms with Gasteiger partial charge in [-0.2, -0.15) is 0 Å². The van der Waals surface area contributed by atoms with E-state index in [-0.39, 0.29) is 29.5 Å². The number of benzene rings is 1. The maximum atomic E-state index is 11.9. The summed E-state index contributed by atoms with van der Waals surface area (Å²) in [6, 6.07) is 6.95. The molecular weight excluding hydrogens is 232 g/mol. The van der Waals surface area contributed by atoms with Gasteiger partial charge in [0, 0.05) is 0 Å². The average Bonchev–Trinajstić information content (AvgIpc) is 2.29. The Labute approximate surface area is 98.2 Å². The molecule has 1 heterocycles. The molecule has 0 N–H and O–H groups in total. The Kier molecular flexibility index (Phi) is 3.79. The van der Waals surface area contributed by atoms with Crippen LogP contribution in [0.4, 0.5) is 0 Å². The topological polar surface area (TPSA) is 48.7 Å². The van der Waals surface area contributed by atoms with Gasteiger partial charge < -0.3 is 13.9 Å². The van der Waals surface area contributed by atoms with E-state index in [0.717, 1.165) is 0 Å². The van der Waals surface area contributed by atoms with Gasteiger partial charge in [-0.25, -0.2) is 0 Å². The van der Waals surface area contributed by atoms with Crippen molar-refractivity contribution in [2.45, 2.75) is 0 Å². The van der Waals surface area contributed by atoms with Crippen molar-refractivity contribution in [1.82, 2.24) is 0 Å². The maximum absolute atomic E-state index is 11.9. The van der Waals surface area contributed by atoms with Gasteiger partial charge in [0.1, 0.15) is 5.58 Å². The molecule has 0 aliphatic heterocycles. The van der Waals surface area contributed by atoms with Crippen LogP contribution in [0.25, 0.3) is 11.0 Å². The third kappa shape index (κ3) is 1.84. The SMILES string of the molecule is COc1oc2ccccc2c(=O)c1OC.Cl. The Morgan fingerprint density at radius 2 is 1.81 bits per heavy atom. The van der Waals surface area contributed by atoms with Gasteiger partial charge in [0.05, 0.1) is 19.6 Å². The van der Waals surface area contributed by atoms with Gasteiger partial charge in [0.2, 0.25) is 11.2 Å². The first-order valence-corrected chi connectivity index (χ1v) is 4.41. The summed E-state index contributed by atoms with van der Waals surface area (Å²) in [5.74, 6) is 0.192. The van der Waals surface area contributed by atoms with Crippen molar-refractivity contribution in [2.75, 3.05) is 14.2 Å². The Morgan fingerprint density at radius 1 is 1.12 bits per heavy atom. The molecule has 0 unspecified atom stereocenters. The normalized spacial score (nSPS) is 9.62. The maximum Gasteiger partial charge on any atom is 0.333 e. The molecule has 0 bridgehead atoms. The molecule has 86 valence electrons. The van der Waals surface area contributed by atoms with Crippen LogP contribution < -0.4 is 14.9 Å². The fourth-order valence-corrected chi connectivity index (χ4v) is 1.41. The lowest BCUT2D eigenvalue weighted by molar-refractivity contribution is 0.275. The molecule has 0 aliphatic carbocycles. The molecule has 16 heavy (non-hydrogen) atoms. The molecule has 0 spiro atoms. The van der Waals surface area contributed by atoms with Crippen molar-refractivity contribution in [3.05, 3.63) is 34.5 Å². The molecule has 1 aromatic heterocycles. The number of halogens is 1. The number of rotatable bonds is 2. The Balaban J connectivity index is 0.00000128. The molecule has 5 heteroatoms. The second kappa shape index (κ2) is 4.90. The molecule has 0 radical (unpaired) electrons. The molecule has 0 saturated carbocycles. The van der Waals surface area contributed by atoms with Gasteiger partial charge >= 0.3 is 5.95 Å². The predicted octanol–water partition coefficient (Wildman–Crippen LogP) is 2.23. The second-order valence-corrected chi connectivity index (χ2v) is 2.95. The zero-order valence-electron chi connectivity index (χ0n) is 8.85. The van der Waals surface area contributed by atoms with Crippen molar-refractivity contribution in [1.29, 1.82) is 0 Å². The molecule has 2 aromatic rings. The number of hydrogen-bond donors (Lipinski definition) is 0. The third-order valence-corrected chi connectivity index (χ3v) is 2.12. The minimum Gasteiger partial charge on any atom is -0.487 e. The van der Waals surface area contributed by atoms with E-state index in [0.29, 0.717) is 11.0 Å². The van der Waals surface area contributed by atoms with Crippen LogP contribution in [0.15, 0.2) is 33.5 Å². The second-order valence-electron chi connectivity index (χ2n) is 2.95. The van der Waals surface area contributed by atoms with Gasteiger partial charge in [-0.1, -0.05) is 12.1 Å². The van der Waals surface area contributed by atoms with Crippen LogP contribution in [0.5, 0.6) is 11.7 Å². The summed E-state index contributed by atoms with van der Waals surface area (Å²) in [5, 5.41) is 0.482. The zero-order valence-corrected chi connectivity index (χ0v) is 9.67. The molecular formula is C11H11ClO4. The van der Waals surface area contributed by atoms with E-state index in [1.165, 1.54) is 14.2 Å². The van der Waals surface area contributed by atoms with E-state index in [9.17, 15) is 4.79 Å². The zero-order chi connectivity index (χ0) is 10.8. The minimum atomic E-state index is -0.226. The molecule has 0 aliphatic rings. The standard InChI is InChI=1S/C11H10O4.ClH/c1-13-10-9(12)7-5-3-4-6-8(7)15-11(10)14-2;/h3-6H,1-2H3;1H. The Morgan fingerprint density at radius 3 is 2.44 bits per heavy atom. The van der Waals surface area contributed by atoms with Crippen LogP contribution in [0.2, 0.25) is 0 Å². The number of para-hydroxylation sites is 1. The summed E-state index contributed by atoms with van der Waals surface area (Å²) in [6.07, 6.45) is 0. The highest BCUT2D eigenvalue weighted by atomic mass is 35.5.